The summed E-state index contributed by atoms with van der Waals surface area (Å²) in [5, 5.41) is 3.03. The Hall–Kier alpha value is -0.910. The van der Waals surface area contributed by atoms with E-state index in [1.54, 1.807) is 0 Å². The number of carbonyl (C=O) groups excluding carboxylic acids is 1. The normalized spacial score (nSPS) is 23.2. The molecule has 1 heterocycles. The Morgan fingerprint density at radius 2 is 2.21 bits per heavy atom. The Morgan fingerprint density at radius 1 is 1.47 bits per heavy atom. The molecule has 1 aliphatic heterocycles. The van der Waals surface area contributed by atoms with Crippen LogP contribution in [0.25, 0.3) is 0 Å². The molecule has 0 aromatic heterocycles. The highest BCUT2D eigenvalue weighted by molar-refractivity contribution is 5.78. The molecule has 1 rings (SSSR count). The number of ether oxygens (including phenoxy) is 2. The Bertz CT molecular complexity index is 312. The summed E-state index contributed by atoms with van der Waals surface area (Å²) in [7, 11) is 3.76. The number of hydrogen-bond donors (Lipinski definition) is 1. The van der Waals surface area contributed by atoms with Crippen LogP contribution in [0.4, 0.5) is 0 Å². The lowest BCUT2D eigenvalue weighted by molar-refractivity contribution is -0.126. The van der Waals surface area contributed by atoms with Gasteiger partial charge in [-0.15, -0.1) is 0 Å². The van der Waals surface area contributed by atoms with Crippen LogP contribution in [0, 0.1) is 0 Å². The Labute approximate surface area is 115 Å². The first kappa shape index (κ1) is 16.1. The van der Waals surface area contributed by atoms with Gasteiger partial charge in [0, 0.05) is 6.61 Å². The predicted octanol–water partition coefficient (Wildman–Crippen LogP) is 0.805. The molecule has 1 amide bonds. The third-order valence-electron chi connectivity index (χ3n) is 2.91. The first-order chi connectivity index (χ1) is 8.99. The summed E-state index contributed by atoms with van der Waals surface area (Å²) in [6, 6.07) is 0.0479. The van der Waals surface area contributed by atoms with Crippen molar-refractivity contribution in [3.8, 4) is 0 Å². The highest BCUT2D eigenvalue weighted by Crippen LogP contribution is 2.12. The quantitative estimate of drug-likeness (QED) is 0.726. The Balaban J connectivity index is 2.43. The summed E-state index contributed by atoms with van der Waals surface area (Å²) < 4.78 is 11.2. The van der Waals surface area contributed by atoms with Gasteiger partial charge >= 0.3 is 0 Å². The van der Waals surface area contributed by atoms with Crippen molar-refractivity contribution in [1.82, 2.24) is 10.2 Å². The average Bonchev–Trinajstić information content (AvgIpc) is 2.29. The summed E-state index contributed by atoms with van der Waals surface area (Å²) in [6.45, 7) is 6.27. The van der Waals surface area contributed by atoms with Crippen LogP contribution < -0.4 is 5.32 Å². The standard InChI is InChI=1S/C14H26N2O3/c1-11(2)5-8-19-13-10-18-7-6-12(13)15-14(17)9-16(3)4/h5,12-13H,6-10H2,1-4H3,(H,15,17)/t12-,13-/m1/s1. The molecule has 0 unspecified atom stereocenters. The largest absolute Gasteiger partial charge is 0.379 e. The number of amides is 1. The maximum Gasteiger partial charge on any atom is 0.234 e. The van der Waals surface area contributed by atoms with Crippen LogP contribution in [-0.4, -0.2) is 63.4 Å². The van der Waals surface area contributed by atoms with Crippen LogP contribution >= 0.6 is 0 Å². The van der Waals surface area contributed by atoms with Crippen LogP contribution in [-0.2, 0) is 14.3 Å². The molecule has 0 aliphatic carbocycles. The van der Waals surface area contributed by atoms with Gasteiger partial charge < -0.3 is 19.7 Å². The maximum absolute atomic E-state index is 11.8. The molecule has 0 aromatic carbocycles. The molecule has 0 spiro atoms. The first-order valence-electron chi connectivity index (χ1n) is 6.76. The van der Waals surface area contributed by atoms with Gasteiger partial charge in [-0.05, 0) is 34.4 Å². The fourth-order valence-electron chi connectivity index (χ4n) is 1.92. The van der Waals surface area contributed by atoms with Crippen molar-refractivity contribution in [1.29, 1.82) is 0 Å². The Morgan fingerprint density at radius 3 is 2.84 bits per heavy atom. The average molecular weight is 270 g/mol. The van der Waals surface area contributed by atoms with Gasteiger partial charge in [-0.1, -0.05) is 11.6 Å². The molecule has 5 heteroatoms. The number of allylic oxidation sites excluding steroid dienone is 1. The summed E-state index contributed by atoms with van der Waals surface area (Å²) in [4.78, 5) is 13.6. The minimum Gasteiger partial charge on any atom is -0.379 e. The van der Waals surface area contributed by atoms with Gasteiger partial charge in [0.1, 0.15) is 6.10 Å². The molecular formula is C14H26N2O3. The fourth-order valence-corrected chi connectivity index (χ4v) is 1.92. The second-order valence-electron chi connectivity index (χ2n) is 5.43. The molecule has 19 heavy (non-hydrogen) atoms. The number of nitrogens with zero attached hydrogens (tertiary/aromatic N) is 1. The van der Waals surface area contributed by atoms with Crippen molar-refractivity contribution in [2.45, 2.75) is 32.4 Å². The van der Waals surface area contributed by atoms with Gasteiger partial charge in [0.25, 0.3) is 0 Å². The van der Waals surface area contributed by atoms with Gasteiger partial charge in [0.15, 0.2) is 0 Å². The van der Waals surface area contributed by atoms with E-state index in [0.717, 1.165) is 6.42 Å². The van der Waals surface area contributed by atoms with Crippen molar-refractivity contribution in [3.05, 3.63) is 11.6 Å². The lowest BCUT2D eigenvalue weighted by Crippen LogP contribution is -2.51. The van der Waals surface area contributed by atoms with Crippen LogP contribution in [0.15, 0.2) is 11.6 Å². The molecule has 1 N–H and O–H groups in total. The van der Waals surface area contributed by atoms with Gasteiger partial charge in [0.05, 0.1) is 25.8 Å². The van der Waals surface area contributed by atoms with E-state index in [2.05, 4.69) is 5.32 Å². The molecule has 1 aliphatic rings. The summed E-state index contributed by atoms with van der Waals surface area (Å²) in [6.07, 6.45) is 2.78. The van der Waals surface area contributed by atoms with Crippen molar-refractivity contribution in [2.24, 2.45) is 0 Å². The third kappa shape index (κ3) is 6.71. The van der Waals surface area contributed by atoms with Crippen molar-refractivity contribution < 1.29 is 14.3 Å². The molecule has 5 nitrogen and oxygen atoms in total. The number of carbonyl (C=O) groups is 1. The van der Waals surface area contributed by atoms with Crippen LogP contribution in [0.3, 0.4) is 0 Å². The molecule has 0 saturated carbocycles. The van der Waals surface area contributed by atoms with Crippen molar-refractivity contribution in [2.75, 3.05) is 40.5 Å². The van der Waals surface area contributed by atoms with Crippen molar-refractivity contribution >= 4 is 5.91 Å². The number of hydrogen-bond acceptors (Lipinski definition) is 4. The van der Waals surface area contributed by atoms with E-state index in [1.807, 2.05) is 38.9 Å². The van der Waals surface area contributed by atoms with E-state index in [4.69, 9.17) is 9.47 Å². The first-order valence-corrected chi connectivity index (χ1v) is 6.76. The summed E-state index contributed by atoms with van der Waals surface area (Å²) >= 11 is 0. The van der Waals surface area contributed by atoms with E-state index in [9.17, 15) is 4.79 Å². The molecule has 1 fully saturated rings. The molecule has 2 atom stereocenters. The molecule has 0 radical (unpaired) electrons. The minimum absolute atomic E-state index is 0.0349. The van der Waals surface area contributed by atoms with Gasteiger partial charge in [-0.3, -0.25) is 4.79 Å². The topological polar surface area (TPSA) is 50.8 Å². The highest BCUT2D eigenvalue weighted by Gasteiger charge is 2.27. The molecule has 0 bridgehead atoms. The highest BCUT2D eigenvalue weighted by atomic mass is 16.5. The zero-order chi connectivity index (χ0) is 14.3. The van der Waals surface area contributed by atoms with Crippen molar-refractivity contribution in [3.63, 3.8) is 0 Å². The molecular weight excluding hydrogens is 244 g/mol. The van der Waals surface area contributed by atoms with E-state index >= 15 is 0 Å². The molecule has 110 valence electrons. The summed E-state index contributed by atoms with van der Waals surface area (Å²) in [5.74, 6) is 0.0349. The van der Waals surface area contributed by atoms with Gasteiger partial charge in [-0.25, -0.2) is 0 Å². The number of nitrogens with one attached hydrogen (secondary N) is 1. The maximum atomic E-state index is 11.8. The number of likely N-dealkylation sites (N-methyl/N-ethyl adjacent to an activating group) is 1. The third-order valence-corrected chi connectivity index (χ3v) is 2.91. The van der Waals surface area contributed by atoms with Crippen LogP contribution in [0.5, 0.6) is 0 Å². The SMILES string of the molecule is CC(C)=CCO[C@@H]1COCC[C@H]1NC(=O)CN(C)C. The second-order valence-corrected chi connectivity index (χ2v) is 5.43. The molecule has 0 aromatic rings. The smallest absolute Gasteiger partial charge is 0.234 e. The number of rotatable bonds is 6. The Kier molecular flexibility index (Phi) is 7.05. The van der Waals surface area contributed by atoms with Gasteiger partial charge in [-0.2, -0.15) is 0 Å². The zero-order valence-corrected chi connectivity index (χ0v) is 12.4. The summed E-state index contributed by atoms with van der Waals surface area (Å²) in [5.41, 5.74) is 1.23. The second kappa shape index (κ2) is 8.30. The minimum atomic E-state index is -0.0598. The van der Waals surface area contributed by atoms with E-state index in [0.29, 0.717) is 26.4 Å². The molecule has 1 saturated heterocycles. The fraction of sp³-hybridized carbons (Fsp3) is 0.786. The van der Waals surface area contributed by atoms with Gasteiger partial charge in [0.2, 0.25) is 5.91 Å². The van der Waals surface area contributed by atoms with Crippen LogP contribution in [0.2, 0.25) is 0 Å². The predicted molar refractivity (Wildman–Crippen MR) is 75.1 cm³/mol. The lowest BCUT2D eigenvalue weighted by Gasteiger charge is -2.32. The zero-order valence-electron chi connectivity index (χ0n) is 12.4. The van der Waals surface area contributed by atoms with E-state index < -0.39 is 0 Å². The van der Waals surface area contributed by atoms with Crippen LogP contribution in [0.1, 0.15) is 20.3 Å². The lowest BCUT2D eigenvalue weighted by atomic mass is 10.1. The van der Waals surface area contributed by atoms with E-state index in [-0.39, 0.29) is 18.1 Å². The van der Waals surface area contributed by atoms with E-state index in [1.165, 1.54) is 5.57 Å². The monoisotopic (exact) mass is 270 g/mol.